The van der Waals surface area contributed by atoms with Crippen molar-refractivity contribution in [3.05, 3.63) is 41.3 Å². The van der Waals surface area contributed by atoms with Crippen molar-refractivity contribution >= 4 is 17.6 Å². The molecule has 2 rings (SSSR count). The highest BCUT2D eigenvalue weighted by molar-refractivity contribution is 8.00. The van der Waals surface area contributed by atoms with Crippen LogP contribution in [0.5, 0.6) is 0 Å². The lowest BCUT2D eigenvalue weighted by atomic mass is 10.2. The van der Waals surface area contributed by atoms with Crippen LogP contribution in [0.2, 0.25) is 0 Å². The first-order valence-corrected chi connectivity index (χ1v) is 4.44. The molecule has 3 N–H and O–H groups in total. The topological polar surface area (TPSA) is 41.3 Å². The normalized spacial score (nSPS) is 17.2. The lowest BCUT2D eigenvalue weighted by Crippen LogP contribution is -2.32. The third kappa shape index (κ3) is 1.45. The van der Waals surface area contributed by atoms with Gasteiger partial charge in [0.1, 0.15) is 0 Å². The highest BCUT2D eigenvalue weighted by Gasteiger charge is 2.10. The van der Waals surface area contributed by atoms with E-state index in [-0.39, 0.29) is 0 Å². The van der Waals surface area contributed by atoms with E-state index in [0.29, 0.717) is 0 Å². The van der Waals surface area contributed by atoms with Gasteiger partial charge in [-0.05, 0) is 17.5 Å². The van der Waals surface area contributed by atoms with Gasteiger partial charge >= 0.3 is 0 Å². The fourth-order valence-electron chi connectivity index (χ4n) is 1.03. The van der Waals surface area contributed by atoms with Crippen molar-refractivity contribution in [2.45, 2.75) is 0 Å². The predicted octanol–water partition coefficient (Wildman–Crippen LogP) is 1.33. The van der Waals surface area contributed by atoms with Crippen LogP contribution in [-0.4, -0.2) is 4.52 Å². The Morgan fingerprint density at radius 3 is 2.58 bits per heavy atom. The van der Waals surface area contributed by atoms with Gasteiger partial charge in [0.05, 0.1) is 5.70 Å². The van der Waals surface area contributed by atoms with Gasteiger partial charge in [-0.1, -0.05) is 34.9 Å². The van der Waals surface area contributed by atoms with Crippen molar-refractivity contribution in [3.8, 4) is 0 Å². The quantitative estimate of drug-likeness (QED) is 0.504. The maximum absolute atomic E-state index is 5.50. The molecular formula is C8H9N3S. The van der Waals surface area contributed by atoms with Crippen LogP contribution in [0.25, 0.3) is 5.70 Å². The van der Waals surface area contributed by atoms with Gasteiger partial charge in [0.15, 0.2) is 0 Å². The maximum atomic E-state index is 5.50. The second-order valence-corrected chi connectivity index (χ2v) is 3.28. The highest BCUT2D eigenvalue weighted by atomic mass is 32.2. The fraction of sp³-hybridized carbons (Fsp3) is 0. The van der Waals surface area contributed by atoms with Gasteiger partial charge in [-0.2, -0.15) is 0 Å². The van der Waals surface area contributed by atoms with Crippen LogP contribution in [0.3, 0.4) is 0 Å². The van der Waals surface area contributed by atoms with Crippen LogP contribution in [-0.2, 0) is 0 Å². The first-order valence-electron chi connectivity index (χ1n) is 3.60. The summed E-state index contributed by atoms with van der Waals surface area (Å²) in [6.45, 7) is 0. The van der Waals surface area contributed by atoms with E-state index in [2.05, 4.69) is 5.43 Å². The Hall–Kier alpha value is -0.970. The molecule has 0 bridgehead atoms. The largest absolute Gasteiger partial charge is 0.294 e. The average Bonchev–Trinajstić information content (AvgIpc) is 2.54. The van der Waals surface area contributed by atoms with E-state index in [1.807, 2.05) is 35.7 Å². The fourth-order valence-corrected chi connectivity index (χ4v) is 1.59. The van der Waals surface area contributed by atoms with Gasteiger partial charge in [0, 0.05) is 5.41 Å². The van der Waals surface area contributed by atoms with E-state index >= 15 is 0 Å². The number of benzene rings is 1. The number of hydrogen-bond donors (Lipinski definition) is 2. The summed E-state index contributed by atoms with van der Waals surface area (Å²) in [5.41, 5.74) is 5.20. The number of nitrogens with zero attached hydrogens (tertiary/aromatic N) is 1. The Kier molecular flexibility index (Phi) is 2.03. The summed E-state index contributed by atoms with van der Waals surface area (Å²) in [6, 6.07) is 10.1. The van der Waals surface area contributed by atoms with E-state index in [1.165, 1.54) is 16.5 Å². The molecule has 62 valence electrons. The standard InChI is InChI=1S/C8H9N3S/c9-11-10-8(6-12-11)7-4-2-1-3-5-7/h1-6,10H,9H2. The van der Waals surface area contributed by atoms with Gasteiger partial charge in [0.2, 0.25) is 0 Å². The Morgan fingerprint density at radius 1 is 1.25 bits per heavy atom. The molecule has 4 heteroatoms. The molecule has 1 aromatic rings. The molecule has 1 heterocycles. The zero-order valence-corrected chi connectivity index (χ0v) is 7.21. The first kappa shape index (κ1) is 7.67. The van der Waals surface area contributed by atoms with Crippen LogP contribution < -0.4 is 11.3 Å². The smallest absolute Gasteiger partial charge is 0.0662 e. The number of hydrogen-bond acceptors (Lipinski definition) is 4. The molecule has 12 heavy (non-hydrogen) atoms. The zero-order chi connectivity index (χ0) is 8.39. The van der Waals surface area contributed by atoms with Gasteiger partial charge < -0.3 is 0 Å². The lowest BCUT2D eigenvalue weighted by Gasteiger charge is -2.08. The number of hydrazine groups is 2. The van der Waals surface area contributed by atoms with Crippen molar-refractivity contribution in [2.75, 3.05) is 0 Å². The zero-order valence-electron chi connectivity index (χ0n) is 6.40. The molecule has 0 amide bonds. The summed E-state index contributed by atoms with van der Waals surface area (Å²) in [5.74, 6) is 5.50. The monoisotopic (exact) mass is 179 g/mol. The summed E-state index contributed by atoms with van der Waals surface area (Å²) >= 11 is 1.44. The van der Waals surface area contributed by atoms with Gasteiger partial charge in [-0.15, -0.1) is 0 Å². The minimum Gasteiger partial charge on any atom is -0.294 e. The van der Waals surface area contributed by atoms with E-state index < -0.39 is 0 Å². The molecule has 0 unspecified atom stereocenters. The molecule has 1 aliphatic heterocycles. The molecule has 3 nitrogen and oxygen atoms in total. The average molecular weight is 179 g/mol. The summed E-state index contributed by atoms with van der Waals surface area (Å²) < 4.78 is 1.47. The van der Waals surface area contributed by atoms with Crippen LogP contribution in [0, 0.1) is 0 Å². The number of nitrogens with one attached hydrogen (secondary N) is 1. The SMILES string of the molecule is NN1NC(c2ccccc2)=CS1. The molecule has 1 aliphatic rings. The van der Waals surface area contributed by atoms with Gasteiger partial charge in [-0.25, -0.2) is 5.84 Å². The summed E-state index contributed by atoms with van der Waals surface area (Å²) in [5, 5.41) is 1.98. The summed E-state index contributed by atoms with van der Waals surface area (Å²) in [7, 11) is 0. The molecule has 0 radical (unpaired) electrons. The second-order valence-electron chi connectivity index (χ2n) is 2.44. The van der Waals surface area contributed by atoms with E-state index in [9.17, 15) is 0 Å². The summed E-state index contributed by atoms with van der Waals surface area (Å²) in [4.78, 5) is 0. The predicted molar refractivity (Wildman–Crippen MR) is 51.2 cm³/mol. The second kappa shape index (κ2) is 3.18. The van der Waals surface area contributed by atoms with E-state index in [0.717, 1.165) is 11.3 Å². The molecule has 0 aliphatic carbocycles. The number of nitrogens with two attached hydrogens (primary N) is 1. The molecule has 0 fully saturated rings. The molecule has 0 aromatic heterocycles. The Labute approximate surface area is 75.3 Å². The van der Waals surface area contributed by atoms with E-state index in [4.69, 9.17) is 5.84 Å². The van der Waals surface area contributed by atoms with Crippen LogP contribution in [0.15, 0.2) is 35.7 Å². The van der Waals surface area contributed by atoms with Gasteiger partial charge in [-0.3, -0.25) is 5.43 Å². The van der Waals surface area contributed by atoms with Crippen molar-refractivity contribution in [1.82, 2.24) is 9.95 Å². The minimum atomic E-state index is 1.04. The molecule has 0 atom stereocenters. The highest BCUT2D eigenvalue weighted by Crippen LogP contribution is 2.22. The third-order valence-electron chi connectivity index (χ3n) is 1.60. The Balaban J connectivity index is 2.22. The molecule has 1 aromatic carbocycles. The van der Waals surface area contributed by atoms with Crippen molar-refractivity contribution in [1.29, 1.82) is 0 Å². The minimum absolute atomic E-state index is 1.04. The third-order valence-corrected chi connectivity index (χ3v) is 2.26. The number of rotatable bonds is 1. The van der Waals surface area contributed by atoms with Crippen molar-refractivity contribution in [3.63, 3.8) is 0 Å². The van der Waals surface area contributed by atoms with Crippen LogP contribution in [0.1, 0.15) is 5.56 Å². The van der Waals surface area contributed by atoms with Crippen molar-refractivity contribution < 1.29 is 0 Å². The van der Waals surface area contributed by atoms with Gasteiger partial charge in [0.25, 0.3) is 0 Å². The molecule has 0 saturated heterocycles. The molecule has 0 spiro atoms. The molecule has 0 saturated carbocycles. The van der Waals surface area contributed by atoms with E-state index in [1.54, 1.807) is 0 Å². The van der Waals surface area contributed by atoms with Crippen LogP contribution >= 0.6 is 11.9 Å². The summed E-state index contributed by atoms with van der Waals surface area (Å²) in [6.07, 6.45) is 0. The Morgan fingerprint density at radius 2 is 2.00 bits per heavy atom. The maximum Gasteiger partial charge on any atom is 0.0662 e. The first-order chi connectivity index (χ1) is 5.86. The van der Waals surface area contributed by atoms with Crippen molar-refractivity contribution in [2.24, 2.45) is 5.84 Å². The lowest BCUT2D eigenvalue weighted by molar-refractivity contribution is 0.451. The Bertz CT molecular complexity index is 296. The molecular weight excluding hydrogens is 170 g/mol. The van der Waals surface area contributed by atoms with Crippen LogP contribution in [0.4, 0.5) is 0 Å².